The number of rotatable bonds is 21. The minimum atomic E-state index is -4.08. The molecule has 8 rings (SSSR count). The number of nitrogens with two attached hydrogens (primary N) is 2. The summed E-state index contributed by atoms with van der Waals surface area (Å²) in [5.74, 6) is -2.22. The van der Waals surface area contributed by atoms with Crippen LogP contribution in [0, 0.1) is 13.8 Å². The molecule has 2 aliphatic heterocycles. The van der Waals surface area contributed by atoms with Crippen LogP contribution in [0.1, 0.15) is 75.4 Å². The third kappa shape index (κ3) is 10.8. The summed E-state index contributed by atoms with van der Waals surface area (Å²) < 4.78 is 47.4. The van der Waals surface area contributed by atoms with Crippen LogP contribution in [0.15, 0.2) is 70.0 Å². The Bertz CT molecular complexity index is 3270. The van der Waals surface area contributed by atoms with Crippen molar-refractivity contribution in [2.75, 3.05) is 43.5 Å². The van der Waals surface area contributed by atoms with E-state index in [0.29, 0.717) is 66.5 Å². The Hall–Kier alpha value is -8.03. The molecule has 6 aromatic rings. The fourth-order valence-corrected chi connectivity index (χ4v) is 8.65. The zero-order valence-electron chi connectivity index (χ0n) is 39.2. The lowest BCUT2D eigenvalue weighted by Crippen LogP contribution is -2.55. The minimum Gasteiger partial charge on any atom is -0.491 e. The predicted molar refractivity (Wildman–Crippen MR) is 255 cm³/mol. The second-order valence-electron chi connectivity index (χ2n) is 16.6. The monoisotopic (exact) mass is 993 g/mol. The number of primary amides is 1. The molecule has 0 aliphatic carbocycles. The van der Waals surface area contributed by atoms with Gasteiger partial charge in [0.25, 0.3) is 23.6 Å². The van der Waals surface area contributed by atoms with Crippen LogP contribution in [-0.4, -0.2) is 126 Å². The number of nitrogens with one attached hydrogen (secondary N) is 2. The Labute approximate surface area is 405 Å². The highest BCUT2D eigenvalue weighted by molar-refractivity contribution is 7.89. The lowest BCUT2D eigenvalue weighted by molar-refractivity contribution is -0.146. The number of imidazole rings is 2. The van der Waals surface area contributed by atoms with Crippen molar-refractivity contribution in [1.82, 2.24) is 43.7 Å². The van der Waals surface area contributed by atoms with Gasteiger partial charge in [-0.1, -0.05) is 19.1 Å². The van der Waals surface area contributed by atoms with Gasteiger partial charge in [-0.25, -0.2) is 28.5 Å². The number of amides is 6. The quantitative estimate of drug-likeness (QED) is 0.0458. The standard InChI is InChI=1S/C46H51N13O11S/c1-5-31-41(70-27(4)49-31)44(65)53-46-51-33-21-28(42(47)63)22-36(69-19-9-18-68-29-24-55(25-29)37(60)14-17-57-38(61)12-13-39(57)62)40(33)58(46)16-8-7-15-56-34-11-10-30(71(48,66)67)23-32(34)50-45(56)52-43(64)35-20-26(3)54-59(35)6-2/h7-8,10-13,20-23,29H,5-6,9,14-19,24-25H2,1-4H3,(H2,47,63)(H2,48,66,67)(H,50,52,64)(H,51,53,65)/b8-7+. The molecule has 6 N–H and O–H groups in total. The first kappa shape index (κ1) is 49.4. The summed E-state index contributed by atoms with van der Waals surface area (Å²) in [4.78, 5) is 92.3. The van der Waals surface area contributed by atoms with Gasteiger partial charge in [-0.05, 0) is 56.7 Å². The van der Waals surface area contributed by atoms with Crippen molar-refractivity contribution in [2.24, 2.45) is 10.9 Å². The van der Waals surface area contributed by atoms with Crippen LogP contribution in [0.3, 0.4) is 0 Å². The van der Waals surface area contributed by atoms with Gasteiger partial charge in [-0.3, -0.25) is 49.0 Å². The molecule has 2 aliphatic rings. The highest BCUT2D eigenvalue weighted by Crippen LogP contribution is 2.32. The largest absolute Gasteiger partial charge is 0.491 e. The van der Waals surface area contributed by atoms with Crippen molar-refractivity contribution in [1.29, 1.82) is 0 Å². The Balaban J connectivity index is 1.02. The number of allylic oxidation sites excluding steroid dienone is 2. The highest BCUT2D eigenvalue weighted by Gasteiger charge is 2.33. The number of likely N-dealkylation sites (tertiary alicyclic amines) is 1. The van der Waals surface area contributed by atoms with E-state index in [1.165, 1.54) is 42.5 Å². The van der Waals surface area contributed by atoms with E-state index >= 15 is 0 Å². The molecule has 6 amide bonds. The fourth-order valence-electron chi connectivity index (χ4n) is 8.12. The molecule has 0 radical (unpaired) electrons. The Morgan fingerprint density at radius 3 is 2.27 bits per heavy atom. The van der Waals surface area contributed by atoms with Gasteiger partial charge >= 0.3 is 0 Å². The lowest BCUT2D eigenvalue weighted by atomic mass is 10.1. The van der Waals surface area contributed by atoms with Crippen LogP contribution in [0.4, 0.5) is 11.9 Å². The maximum Gasteiger partial charge on any atom is 0.295 e. The second kappa shape index (κ2) is 20.5. The van der Waals surface area contributed by atoms with Gasteiger partial charge in [0.1, 0.15) is 17.0 Å². The van der Waals surface area contributed by atoms with Crippen molar-refractivity contribution in [3.8, 4) is 5.75 Å². The molecule has 1 saturated heterocycles. The molecular formula is C46H51N13O11S. The number of carbonyl (C=O) groups excluding carboxylic acids is 6. The maximum atomic E-state index is 13.8. The molecule has 0 saturated carbocycles. The number of hydrogen-bond donors (Lipinski definition) is 4. The molecule has 25 heteroatoms. The minimum absolute atomic E-state index is 0.00336. The van der Waals surface area contributed by atoms with E-state index in [-0.39, 0.29) is 96.2 Å². The third-order valence-electron chi connectivity index (χ3n) is 11.7. The number of benzene rings is 2. The van der Waals surface area contributed by atoms with E-state index < -0.39 is 39.6 Å². The average Bonchev–Trinajstić information content (AvgIpc) is 4.13. The number of primary sulfonamides is 1. The molecule has 71 heavy (non-hydrogen) atoms. The number of aryl methyl sites for hydroxylation is 4. The molecule has 0 bridgehead atoms. The van der Waals surface area contributed by atoms with Gasteiger partial charge in [0.05, 0.1) is 52.2 Å². The molecule has 1 fully saturated rings. The van der Waals surface area contributed by atoms with Gasteiger partial charge in [-0.15, -0.1) is 0 Å². The number of fused-ring (bicyclic) bond motifs is 2. The summed E-state index contributed by atoms with van der Waals surface area (Å²) in [5.41, 5.74) is 8.64. The van der Waals surface area contributed by atoms with Gasteiger partial charge in [0, 0.05) is 76.7 Å². The van der Waals surface area contributed by atoms with E-state index in [0.717, 1.165) is 4.90 Å². The molecule has 0 spiro atoms. The topological polar surface area (TPSA) is 317 Å². The summed E-state index contributed by atoms with van der Waals surface area (Å²) in [7, 11) is -4.08. The van der Waals surface area contributed by atoms with Crippen LogP contribution in [0.25, 0.3) is 22.1 Å². The van der Waals surface area contributed by atoms with Crippen molar-refractivity contribution in [3.05, 3.63) is 95.0 Å². The molecule has 4 aromatic heterocycles. The second-order valence-corrected chi connectivity index (χ2v) is 18.2. The number of hydrogen-bond acceptors (Lipinski definition) is 15. The van der Waals surface area contributed by atoms with E-state index in [2.05, 4.69) is 25.7 Å². The van der Waals surface area contributed by atoms with Crippen LogP contribution in [-0.2, 0) is 55.2 Å². The van der Waals surface area contributed by atoms with Crippen molar-refractivity contribution < 1.29 is 51.1 Å². The zero-order valence-corrected chi connectivity index (χ0v) is 40.0. The predicted octanol–water partition coefficient (Wildman–Crippen LogP) is 2.59. The first-order chi connectivity index (χ1) is 33.9. The lowest BCUT2D eigenvalue weighted by Gasteiger charge is -2.39. The van der Waals surface area contributed by atoms with Crippen molar-refractivity contribution in [3.63, 3.8) is 0 Å². The molecule has 24 nitrogen and oxygen atoms in total. The normalized spacial score (nSPS) is 14.1. The summed E-state index contributed by atoms with van der Waals surface area (Å²) >= 11 is 0. The highest BCUT2D eigenvalue weighted by atomic mass is 32.2. The molecular weight excluding hydrogens is 943 g/mol. The Morgan fingerprint density at radius 2 is 1.58 bits per heavy atom. The van der Waals surface area contributed by atoms with E-state index in [4.69, 9.17) is 29.7 Å². The van der Waals surface area contributed by atoms with Crippen LogP contribution in [0.5, 0.6) is 5.75 Å². The van der Waals surface area contributed by atoms with Gasteiger partial charge in [0.15, 0.2) is 5.89 Å². The Kier molecular flexibility index (Phi) is 14.3. The number of ether oxygens (including phenoxy) is 2. The smallest absolute Gasteiger partial charge is 0.295 e. The van der Waals surface area contributed by atoms with Crippen LogP contribution >= 0.6 is 0 Å². The number of sulfonamides is 1. The third-order valence-corrected chi connectivity index (χ3v) is 12.6. The first-order valence-electron chi connectivity index (χ1n) is 22.6. The zero-order chi connectivity index (χ0) is 50.7. The molecule has 0 atom stereocenters. The summed E-state index contributed by atoms with van der Waals surface area (Å²) in [6.07, 6.45) is 6.50. The summed E-state index contributed by atoms with van der Waals surface area (Å²) in [6.45, 7) is 8.79. The van der Waals surface area contributed by atoms with Crippen LogP contribution < -0.4 is 26.2 Å². The van der Waals surface area contributed by atoms with E-state index in [1.54, 1.807) is 50.8 Å². The maximum absolute atomic E-state index is 13.8. The van der Waals surface area contributed by atoms with Gasteiger partial charge in [0.2, 0.25) is 39.5 Å². The SMILES string of the molecule is CCc1nc(C)oc1C(=O)Nc1nc2cc(C(N)=O)cc(OCCCOC3CN(C(=O)CCN4C(=O)C=CC4=O)C3)c2n1C/C=C/Cn1c(NC(=O)c2cc(C)nn2CC)nc2cc(S(N)(=O)=O)ccc21. The number of nitrogens with zero attached hydrogens (tertiary/aromatic N) is 9. The molecule has 372 valence electrons. The summed E-state index contributed by atoms with van der Waals surface area (Å²) in [6, 6.07) is 8.81. The fraction of sp³-hybridized carbons (Fsp3) is 0.348. The number of oxazole rings is 1. The number of carbonyl (C=O) groups is 6. The summed E-state index contributed by atoms with van der Waals surface area (Å²) in [5, 5.41) is 15.5. The Morgan fingerprint density at radius 1 is 0.887 bits per heavy atom. The molecule has 2 aromatic carbocycles. The van der Waals surface area contributed by atoms with E-state index in [9.17, 15) is 37.2 Å². The first-order valence-corrected chi connectivity index (χ1v) is 24.2. The number of imide groups is 1. The number of aromatic nitrogens is 7. The average molecular weight is 994 g/mol. The number of anilines is 2. The van der Waals surface area contributed by atoms with Crippen LogP contribution in [0.2, 0.25) is 0 Å². The van der Waals surface area contributed by atoms with E-state index in [1.807, 2.05) is 13.8 Å². The molecule has 6 heterocycles. The van der Waals surface area contributed by atoms with Gasteiger partial charge < -0.3 is 33.7 Å². The molecule has 0 unspecified atom stereocenters. The van der Waals surface area contributed by atoms with Gasteiger partial charge in [-0.2, -0.15) is 5.10 Å². The van der Waals surface area contributed by atoms with Crippen molar-refractivity contribution in [2.45, 2.75) is 77.6 Å². The van der Waals surface area contributed by atoms with Crippen molar-refractivity contribution >= 4 is 79.4 Å².